The number of nitro groups is 1. The van der Waals surface area contributed by atoms with Gasteiger partial charge in [-0.1, -0.05) is 13.0 Å². The number of phenolic OH excluding ortho intramolecular Hbond substituents is 2. The number of nitrogens with zero attached hydrogens (tertiary/aromatic N) is 2. The molecule has 23 heavy (non-hydrogen) atoms. The molecule has 0 spiro atoms. The zero-order valence-corrected chi connectivity index (χ0v) is 12.7. The second kappa shape index (κ2) is 6.78. The van der Waals surface area contributed by atoms with Gasteiger partial charge in [-0.25, -0.2) is 0 Å². The van der Waals surface area contributed by atoms with E-state index in [0.717, 1.165) is 18.1 Å². The van der Waals surface area contributed by atoms with Crippen LogP contribution in [0.15, 0.2) is 35.3 Å². The number of phenols is 2. The summed E-state index contributed by atoms with van der Waals surface area (Å²) < 4.78 is 4.92. The Labute approximate surface area is 132 Å². The first kappa shape index (κ1) is 16.3. The van der Waals surface area contributed by atoms with Crippen molar-refractivity contribution < 1.29 is 19.9 Å². The molecule has 7 heteroatoms. The van der Waals surface area contributed by atoms with Gasteiger partial charge in [0.2, 0.25) is 0 Å². The first-order valence-electron chi connectivity index (χ1n) is 6.87. The Bertz CT molecular complexity index is 771. The molecule has 0 aliphatic carbocycles. The summed E-state index contributed by atoms with van der Waals surface area (Å²) >= 11 is 0. The molecule has 0 amide bonds. The van der Waals surface area contributed by atoms with Crippen molar-refractivity contribution in [3.8, 4) is 17.2 Å². The highest BCUT2D eigenvalue weighted by atomic mass is 16.6. The van der Waals surface area contributed by atoms with E-state index in [1.54, 1.807) is 12.1 Å². The molecule has 2 aromatic rings. The van der Waals surface area contributed by atoms with Crippen molar-refractivity contribution >= 4 is 17.6 Å². The van der Waals surface area contributed by atoms with Crippen LogP contribution in [0.25, 0.3) is 0 Å². The lowest BCUT2D eigenvalue weighted by atomic mass is 10.1. The highest BCUT2D eigenvalue weighted by molar-refractivity contribution is 5.88. The largest absolute Gasteiger partial charge is 0.506 e. The summed E-state index contributed by atoms with van der Waals surface area (Å²) in [7, 11) is 1.30. The molecule has 0 fully saturated rings. The van der Waals surface area contributed by atoms with Crippen molar-refractivity contribution in [1.82, 2.24) is 0 Å². The van der Waals surface area contributed by atoms with Crippen molar-refractivity contribution in [1.29, 1.82) is 0 Å². The third-order valence-electron chi connectivity index (χ3n) is 3.31. The predicted octanol–water partition coefficient (Wildman–Crippen LogP) is 3.33. The van der Waals surface area contributed by atoms with E-state index in [1.165, 1.54) is 25.5 Å². The fourth-order valence-corrected chi connectivity index (χ4v) is 2.01. The summed E-state index contributed by atoms with van der Waals surface area (Å²) in [4.78, 5) is 14.4. The van der Waals surface area contributed by atoms with E-state index in [0.29, 0.717) is 5.69 Å². The monoisotopic (exact) mass is 316 g/mol. The van der Waals surface area contributed by atoms with Gasteiger partial charge in [0.25, 0.3) is 5.69 Å². The van der Waals surface area contributed by atoms with Gasteiger partial charge in [-0.05, 0) is 24.1 Å². The lowest BCUT2D eigenvalue weighted by Crippen LogP contribution is -1.94. The Balaban J connectivity index is 2.46. The van der Waals surface area contributed by atoms with E-state index in [4.69, 9.17) is 4.74 Å². The fraction of sp³-hybridized carbons (Fsp3) is 0.188. The molecule has 0 heterocycles. The van der Waals surface area contributed by atoms with Gasteiger partial charge in [0.1, 0.15) is 11.4 Å². The SMILES string of the molecule is CCc1ccc(O)c(N=Cc2cc([N+](=O)[O-])cc(OC)c2O)c1. The Morgan fingerprint density at radius 1 is 1.30 bits per heavy atom. The summed E-state index contributed by atoms with van der Waals surface area (Å²) in [5, 5.41) is 30.8. The third-order valence-corrected chi connectivity index (χ3v) is 3.31. The van der Waals surface area contributed by atoms with Crippen LogP contribution in [0.5, 0.6) is 17.2 Å². The van der Waals surface area contributed by atoms with Gasteiger partial charge < -0.3 is 14.9 Å². The number of methoxy groups -OCH3 is 1. The molecule has 0 aromatic heterocycles. The average molecular weight is 316 g/mol. The summed E-state index contributed by atoms with van der Waals surface area (Å²) in [5.41, 5.74) is 1.19. The van der Waals surface area contributed by atoms with Crippen molar-refractivity contribution in [2.45, 2.75) is 13.3 Å². The number of aryl methyl sites for hydroxylation is 1. The van der Waals surface area contributed by atoms with Gasteiger partial charge in [0.05, 0.1) is 18.1 Å². The predicted molar refractivity (Wildman–Crippen MR) is 86.1 cm³/mol. The van der Waals surface area contributed by atoms with E-state index in [-0.39, 0.29) is 28.5 Å². The minimum atomic E-state index is -0.589. The standard InChI is InChI=1S/C16H16N2O5/c1-3-10-4-5-14(19)13(6-10)17-9-11-7-12(18(21)22)8-15(23-2)16(11)20/h4-9,19-20H,3H2,1-2H3. The second-order valence-corrected chi connectivity index (χ2v) is 4.78. The molecule has 0 radical (unpaired) electrons. The van der Waals surface area contributed by atoms with Crippen molar-refractivity contribution in [3.05, 3.63) is 51.6 Å². The summed E-state index contributed by atoms with van der Waals surface area (Å²) in [6.07, 6.45) is 2.03. The first-order valence-corrected chi connectivity index (χ1v) is 6.87. The fourth-order valence-electron chi connectivity index (χ4n) is 2.01. The number of benzene rings is 2. The van der Waals surface area contributed by atoms with E-state index in [2.05, 4.69) is 4.99 Å². The zero-order valence-electron chi connectivity index (χ0n) is 12.7. The molecule has 2 aromatic carbocycles. The van der Waals surface area contributed by atoms with Crippen LogP contribution in [0.1, 0.15) is 18.1 Å². The smallest absolute Gasteiger partial charge is 0.274 e. The van der Waals surface area contributed by atoms with Gasteiger partial charge in [-0.15, -0.1) is 0 Å². The minimum absolute atomic E-state index is 0.0182. The molecular weight excluding hydrogens is 300 g/mol. The lowest BCUT2D eigenvalue weighted by Gasteiger charge is -2.06. The van der Waals surface area contributed by atoms with Crippen molar-refractivity contribution in [3.63, 3.8) is 0 Å². The molecule has 0 atom stereocenters. The number of nitro benzene ring substituents is 1. The van der Waals surface area contributed by atoms with E-state index in [1.807, 2.05) is 6.92 Å². The van der Waals surface area contributed by atoms with Crippen LogP contribution in [-0.2, 0) is 6.42 Å². The number of hydrogen-bond acceptors (Lipinski definition) is 6. The number of hydrogen-bond donors (Lipinski definition) is 2. The van der Waals surface area contributed by atoms with E-state index >= 15 is 0 Å². The summed E-state index contributed by atoms with van der Waals surface area (Å²) in [5.74, 6) is -0.296. The van der Waals surface area contributed by atoms with Crippen LogP contribution in [0, 0.1) is 10.1 Å². The molecule has 7 nitrogen and oxygen atoms in total. The van der Waals surface area contributed by atoms with Crippen LogP contribution >= 0.6 is 0 Å². The van der Waals surface area contributed by atoms with Crippen LogP contribution < -0.4 is 4.74 Å². The molecule has 0 aliphatic rings. The second-order valence-electron chi connectivity index (χ2n) is 4.78. The molecule has 0 saturated heterocycles. The van der Waals surface area contributed by atoms with E-state index in [9.17, 15) is 20.3 Å². The topological polar surface area (TPSA) is 105 Å². The third kappa shape index (κ3) is 3.57. The van der Waals surface area contributed by atoms with Gasteiger partial charge in [0.15, 0.2) is 11.5 Å². The van der Waals surface area contributed by atoms with Gasteiger partial charge in [-0.3, -0.25) is 15.1 Å². The Hall–Kier alpha value is -3.09. The number of aromatic hydroxyl groups is 2. The van der Waals surface area contributed by atoms with Gasteiger partial charge in [-0.2, -0.15) is 0 Å². The summed E-state index contributed by atoms with van der Waals surface area (Å²) in [6.45, 7) is 1.97. The van der Waals surface area contributed by atoms with Crippen LogP contribution in [0.4, 0.5) is 11.4 Å². The number of rotatable bonds is 5. The van der Waals surface area contributed by atoms with Crippen molar-refractivity contribution in [2.24, 2.45) is 4.99 Å². The first-order chi connectivity index (χ1) is 11.0. The van der Waals surface area contributed by atoms with Gasteiger partial charge in [0, 0.05) is 17.8 Å². The highest BCUT2D eigenvalue weighted by Crippen LogP contribution is 2.34. The van der Waals surface area contributed by atoms with Crippen LogP contribution in [0.2, 0.25) is 0 Å². The highest BCUT2D eigenvalue weighted by Gasteiger charge is 2.15. The molecule has 0 saturated carbocycles. The maximum atomic E-state index is 10.9. The van der Waals surface area contributed by atoms with E-state index < -0.39 is 4.92 Å². The number of ether oxygens (including phenoxy) is 1. The Morgan fingerprint density at radius 2 is 2.04 bits per heavy atom. The molecule has 120 valence electrons. The maximum Gasteiger partial charge on any atom is 0.274 e. The lowest BCUT2D eigenvalue weighted by molar-refractivity contribution is -0.385. The molecular formula is C16H16N2O5. The summed E-state index contributed by atoms with van der Waals surface area (Å²) in [6, 6.07) is 7.32. The number of aliphatic imine (C=N–C) groups is 1. The van der Waals surface area contributed by atoms with Gasteiger partial charge >= 0.3 is 0 Å². The minimum Gasteiger partial charge on any atom is -0.506 e. The molecule has 0 aliphatic heterocycles. The molecule has 0 bridgehead atoms. The Kier molecular flexibility index (Phi) is 4.80. The van der Waals surface area contributed by atoms with Crippen LogP contribution in [0.3, 0.4) is 0 Å². The Morgan fingerprint density at radius 3 is 2.65 bits per heavy atom. The van der Waals surface area contributed by atoms with Crippen LogP contribution in [-0.4, -0.2) is 28.5 Å². The maximum absolute atomic E-state index is 10.9. The molecule has 0 unspecified atom stereocenters. The van der Waals surface area contributed by atoms with Crippen molar-refractivity contribution in [2.75, 3.05) is 7.11 Å². The normalized spacial score (nSPS) is 10.9. The molecule has 2 N–H and O–H groups in total. The molecule has 2 rings (SSSR count). The average Bonchev–Trinajstić information content (AvgIpc) is 2.54. The quantitative estimate of drug-likeness (QED) is 0.500. The number of non-ortho nitro benzene ring substituents is 1. The zero-order chi connectivity index (χ0) is 17.0.